The highest BCUT2D eigenvalue weighted by atomic mass is 16.3. The molecule has 1 fully saturated rings. The number of rotatable bonds is 8. The lowest BCUT2D eigenvalue weighted by Crippen LogP contribution is -2.30. The van der Waals surface area contributed by atoms with Crippen LogP contribution in [0.3, 0.4) is 0 Å². The van der Waals surface area contributed by atoms with Gasteiger partial charge in [0.1, 0.15) is 0 Å². The van der Waals surface area contributed by atoms with E-state index in [0.29, 0.717) is 6.42 Å². The molecule has 0 unspecified atom stereocenters. The molecule has 2 N–H and O–H groups in total. The zero-order chi connectivity index (χ0) is 14.4. The van der Waals surface area contributed by atoms with Crippen LogP contribution in [0.1, 0.15) is 43.7 Å². The Kier molecular flexibility index (Phi) is 5.18. The van der Waals surface area contributed by atoms with Crippen LogP contribution < -0.4 is 5.32 Å². The predicted octanol–water partition coefficient (Wildman–Crippen LogP) is 2.46. The first-order valence-electron chi connectivity index (χ1n) is 7.63. The molecule has 0 aliphatic heterocycles. The summed E-state index contributed by atoms with van der Waals surface area (Å²) in [5.41, 5.74) is 2.75. The van der Waals surface area contributed by atoms with Crippen LogP contribution in [0.2, 0.25) is 0 Å². The highest BCUT2D eigenvalue weighted by Crippen LogP contribution is 2.47. The van der Waals surface area contributed by atoms with E-state index in [9.17, 15) is 4.79 Å². The van der Waals surface area contributed by atoms with E-state index >= 15 is 0 Å². The normalized spacial score (nSPS) is 15.9. The Morgan fingerprint density at radius 3 is 2.45 bits per heavy atom. The fourth-order valence-corrected chi connectivity index (χ4v) is 2.50. The van der Waals surface area contributed by atoms with Crippen molar-refractivity contribution < 1.29 is 9.90 Å². The van der Waals surface area contributed by atoms with Gasteiger partial charge in [-0.25, -0.2) is 0 Å². The Morgan fingerprint density at radius 2 is 1.90 bits per heavy atom. The smallest absolute Gasteiger partial charge is 0.220 e. The van der Waals surface area contributed by atoms with Crippen molar-refractivity contribution in [1.82, 2.24) is 5.32 Å². The molecule has 20 heavy (non-hydrogen) atoms. The summed E-state index contributed by atoms with van der Waals surface area (Å²) in [6.07, 6.45) is 5.46. The second kappa shape index (κ2) is 6.89. The van der Waals surface area contributed by atoms with Gasteiger partial charge in [0.2, 0.25) is 5.91 Å². The molecule has 1 aromatic carbocycles. The van der Waals surface area contributed by atoms with Crippen molar-refractivity contribution >= 4 is 5.91 Å². The minimum Gasteiger partial charge on any atom is -0.396 e. The second-order valence-corrected chi connectivity index (χ2v) is 5.92. The quantitative estimate of drug-likeness (QED) is 0.765. The Hall–Kier alpha value is -1.35. The summed E-state index contributed by atoms with van der Waals surface area (Å²) in [6.45, 7) is 3.09. The summed E-state index contributed by atoms with van der Waals surface area (Å²) in [5.74, 6) is 0.119. The van der Waals surface area contributed by atoms with Crippen LogP contribution in [-0.2, 0) is 17.6 Å². The molecule has 0 spiro atoms. The van der Waals surface area contributed by atoms with Gasteiger partial charge in [-0.05, 0) is 48.6 Å². The Balaban J connectivity index is 1.69. The average molecular weight is 275 g/mol. The number of hydrogen-bond donors (Lipinski definition) is 2. The third-order valence-electron chi connectivity index (χ3n) is 4.33. The van der Waals surface area contributed by atoms with E-state index in [1.165, 1.54) is 11.1 Å². The van der Waals surface area contributed by atoms with E-state index in [2.05, 4.69) is 36.5 Å². The van der Waals surface area contributed by atoms with Gasteiger partial charge in [0.25, 0.3) is 0 Å². The molecular formula is C17H25NO2. The van der Waals surface area contributed by atoms with Crippen molar-refractivity contribution in [2.45, 2.75) is 45.4 Å². The molecule has 3 heteroatoms. The molecular weight excluding hydrogens is 250 g/mol. The molecule has 2 rings (SSSR count). The third-order valence-corrected chi connectivity index (χ3v) is 4.33. The number of carbonyl (C=O) groups is 1. The lowest BCUT2D eigenvalue weighted by Gasteiger charge is -2.14. The molecule has 0 heterocycles. The maximum Gasteiger partial charge on any atom is 0.220 e. The highest BCUT2D eigenvalue weighted by molar-refractivity contribution is 5.76. The fourth-order valence-electron chi connectivity index (χ4n) is 2.50. The van der Waals surface area contributed by atoms with Crippen LogP contribution in [0.5, 0.6) is 0 Å². The third kappa shape index (κ3) is 4.34. The first-order chi connectivity index (χ1) is 9.67. The van der Waals surface area contributed by atoms with Gasteiger partial charge in [-0.1, -0.05) is 31.2 Å². The van der Waals surface area contributed by atoms with Crippen molar-refractivity contribution in [2.75, 3.05) is 13.2 Å². The van der Waals surface area contributed by atoms with Crippen LogP contribution in [0.15, 0.2) is 24.3 Å². The first kappa shape index (κ1) is 15.0. The molecule has 3 nitrogen and oxygen atoms in total. The molecule has 0 bridgehead atoms. The number of carbonyl (C=O) groups excluding carboxylic acids is 1. The minimum absolute atomic E-state index is 0.119. The van der Waals surface area contributed by atoms with E-state index in [1.807, 2.05) is 0 Å². The van der Waals surface area contributed by atoms with E-state index in [1.54, 1.807) is 0 Å². The molecule has 0 saturated heterocycles. The van der Waals surface area contributed by atoms with E-state index in [-0.39, 0.29) is 17.9 Å². The lowest BCUT2D eigenvalue weighted by molar-refractivity contribution is -0.121. The molecule has 1 saturated carbocycles. The Labute approximate surface area is 121 Å². The van der Waals surface area contributed by atoms with Crippen LogP contribution in [0.4, 0.5) is 0 Å². The SMILES string of the molecule is CCc1ccc(CCC(=O)NCC2(CCO)CC2)cc1. The standard InChI is InChI=1S/C17H25NO2/c1-2-14-3-5-15(6-4-14)7-8-16(20)18-13-17(9-10-17)11-12-19/h3-6,19H,2,7-13H2,1H3,(H,18,20). The summed E-state index contributed by atoms with van der Waals surface area (Å²) in [4.78, 5) is 11.8. The van der Waals surface area contributed by atoms with Gasteiger partial charge in [-0.3, -0.25) is 4.79 Å². The van der Waals surface area contributed by atoms with Crippen LogP contribution >= 0.6 is 0 Å². The monoisotopic (exact) mass is 275 g/mol. The Bertz CT molecular complexity index is 435. The van der Waals surface area contributed by atoms with Crippen LogP contribution in [0, 0.1) is 5.41 Å². The fraction of sp³-hybridized carbons (Fsp3) is 0.588. The lowest BCUT2D eigenvalue weighted by atomic mass is 10.0. The van der Waals surface area contributed by atoms with Gasteiger partial charge in [-0.2, -0.15) is 0 Å². The average Bonchev–Trinajstić information content (AvgIpc) is 3.24. The Morgan fingerprint density at radius 1 is 1.25 bits per heavy atom. The van der Waals surface area contributed by atoms with Gasteiger partial charge in [0.15, 0.2) is 0 Å². The second-order valence-electron chi connectivity index (χ2n) is 5.92. The number of aliphatic hydroxyl groups excluding tert-OH is 1. The summed E-state index contributed by atoms with van der Waals surface area (Å²) in [6, 6.07) is 8.49. The molecule has 0 atom stereocenters. The molecule has 110 valence electrons. The van der Waals surface area contributed by atoms with Gasteiger partial charge in [-0.15, -0.1) is 0 Å². The first-order valence-corrected chi connectivity index (χ1v) is 7.63. The summed E-state index contributed by atoms with van der Waals surface area (Å²) in [5, 5.41) is 12.0. The molecule has 1 amide bonds. The van der Waals surface area contributed by atoms with Crippen molar-refractivity contribution in [2.24, 2.45) is 5.41 Å². The number of amides is 1. The summed E-state index contributed by atoms with van der Waals surface area (Å²) >= 11 is 0. The van der Waals surface area contributed by atoms with E-state index < -0.39 is 0 Å². The predicted molar refractivity (Wildman–Crippen MR) is 80.5 cm³/mol. The van der Waals surface area contributed by atoms with Crippen molar-refractivity contribution in [3.8, 4) is 0 Å². The largest absolute Gasteiger partial charge is 0.396 e. The maximum atomic E-state index is 11.8. The molecule has 1 aromatic rings. The van der Waals surface area contributed by atoms with Crippen molar-refractivity contribution in [3.63, 3.8) is 0 Å². The van der Waals surface area contributed by atoms with E-state index in [4.69, 9.17) is 5.11 Å². The molecule has 0 aromatic heterocycles. The van der Waals surface area contributed by atoms with Crippen molar-refractivity contribution in [3.05, 3.63) is 35.4 Å². The highest BCUT2D eigenvalue weighted by Gasteiger charge is 2.41. The van der Waals surface area contributed by atoms with Gasteiger partial charge in [0.05, 0.1) is 0 Å². The molecule has 0 radical (unpaired) electrons. The van der Waals surface area contributed by atoms with Gasteiger partial charge >= 0.3 is 0 Å². The van der Waals surface area contributed by atoms with Gasteiger partial charge < -0.3 is 10.4 Å². The maximum absolute atomic E-state index is 11.8. The molecule has 1 aliphatic carbocycles. The van der Waals surface area contributed by atoms with Crippen molar-refractivity contribution in [1.29, 1.82) is 0 Å². The zero-order valence-corrected chi connectivity index (χ0v) is 12.3. The molecule has 1 aliphatic rings. The summed E-state index contributed by atoms with van der Waals surface area (Å²) < 4.78 is 0. The number of aliphatic hydroxyl groups is 1. The van der Waals surface area contributed by atoms with Crippen LogP contribution in [0.25, 0.3) is 0 Å². The zero-order valence-electron chi connectivity index (χ0n) is 12.3. The number of nitrogens with one attached hydrogen (secondary N) is 1. The van der Waals surface area contributed by atoms with E-state index in [0.717, 1.165) is 38.6 Å². The topological polar surface area (TPSA) is 49.3 Å². The van der Waals surface area contributed by atoms with Gasteiger partial charge in [0, 0.05) is 19.6 Å². The number of hydrogen-bond acceptors (Lipinski definition) is 2. The number of aryl methyl sites for hydroxylation is 2. The number of benzene rings is 1. The minimum atomic E-state index is 0.119. The van der Waals surface area contributed by atoms with Crippen LogP contribution in [-0.4, -0.2) is 24.2 Å². The summed E-state index contributed by atoms with van der Waals surface area (Å²) in [7, 11) is 0.